The lowest BCUT2D eigenvalue weighted by molar-refractivity contribution is 0.511. The van der Waals surface area contributed by atoms with Crippen molar-refractivity contribution in [2.24, 2.45) is 0 Å². The Kier molecular flexibility index (Phi) is 3.30. The van der Waals surface area contributed by atoms with E-state index in [2.05, 4.69) is 22.6 Å². The van der Waals surface area contributed by atoms with Crippen LogP contribution in [0.1, 0.15) is 0 Å². The summed E-state index contributed by atoms with van der Waals surface area (Å²) >= 11 is 2.12. The van der Waals surface area contributed by atoms with Gasteiger partial charge in [-0.25, -0.2) is 13.2 Å². The Morgan fingerprint density at radius 3 is 2.76 bits per heavy atom. The molecule has 0 aliphatic heterocycles. The number of hydrogen-bond donors (Lipinski definition) is 0. The van der Waals surface area contributed by atoms with Gasteiger partial charge in [-0.2, -0.15) is 0 Å². The summed E-state index contributed by atoms with van der Waals surface area (Å²) in [4.78, 5) is 11.6. The second-order valence-electron chi connectivity index (χ2n) is 3.76. The van der Waals surface area contributed by atoms with Crippen LogP contribution in [0, 0.1) is 3.57 Å². The van der Waals surface area contributed by atoms with Crippen LogP contribution >= 0.6 is 22.6 Å². The van der Waals surface area contributed by atoms with Crippen LogP contribution in [-0.4, -0.2) is 25.0 Å². The fourth-order valence-electron chi connectivity index (χ4n) is 1.50. The quantitative estimate of drug-likeness (QED) is 0.766. The lowest BCUT2D eigenvalue weighted by Gasteiger charge is -2.00. The molecule has 0 bridgehead atoms. The van der Waals surface area contributed by atoms with Crippen LogP contribution in [0.25, 0.3) is 11.1 Å². The molecule has 0 spiro atoms. The van der Waals surface area contributed by atoms with Crippen molar-refractivity contribution in [1.82, 2.24) is 4.57 Å². The Morgan fingerprint density at radius 2 is 2.12 bits per heavy atom. The normalized spacial score (nSPS) is 12.1. The summed E-state index contributed by atoms with van der Waals surface area (Å²) in [6.07, 6.45) is 1.14. The van der Waals surface area contributed by atoms with Crippen LogP contribution in [0.2, 0.25) is 0 Å². The lowest BCUT2D eigenvalue weighted by Crippen LogP contribution is -2.19. The third kappa shape index (κ3) is 2.89. The van der Waals surface area contributed by atoms with Crippen molar-refractivity contribution >= 4 is 43.5 Å². The highest BCUT2D eigenvalue weighted by Gasteiger charge is 2.11. The van der Waals surface area contributed by atoms with Gasteiger partial charge in [0.2, 0.25) is 0 Å². The summed E-state index contributed by atoms with van der Waals surface area (Å²) in [5, 5.41) is 0. The van der Waals surface area contributed by atoms with Gasteiger partial charge in [0.1, 0.15) is 9.84 Å². The van der Waals surface area contributed by atoms with E-state index in [0.29, 0.717) is 11.1 Å². The van der Waals surface area contributed by atoms with Crippen LogP contribution < -0.4 is 5.76 Å². The van der Waals surface area contributed by atoms with E-state index >= 15 is 0 Å². The van der Waals surface area contributed by atoms with Crippen molar-refractivity contribution < 1.29 is 12.8 Å². The van der Waals surface area contributed by atoms with Crippen LogP contribution in [0.4, 0.5) is 0 Å². The Balaban J connectivity index is 2.49. The topological polar surface area (TPSA) is 69.3 Å². The lowest BCUT2D eigenvalue weighted by atomic mass is 10.3. The highest BCUT2D eigenvalue weighted by atomic mass is 127. The molecule has 2 aromatic rings. The zero-order valence-electron chi connectivity index (χ0n) is 9.01. The summed E-state index contributed by atoms with van der Waals surface area (Å²) in [5.41, 5.74) is 1.11. The predicted molar refractivity (Wildman–Crippen MR) is 72.9 cm³/mol. The molecule has 0 saturated carbocycles. The first-order valence-corrected chi connectivity index (χ1v) is 7.97. The standard InChI is InChI=1S/C10H10INO4S/c1-17(14,15)5-4-12-8-6-7(11)2-3-9(8)16-10(12)13/h2-3,6H,4-5H2,1H3. The molecule has 2 rings (SSSR count). The van der Waals surface area contributed by atoms with Crippen molar-refractivity contribution in [2.45, 2.75) is 6.54 Å². The average Bonchev–Trinajstić information content (AvgIpc) is 2.49. The molecule has 7 heteroatoms. The number of aromatic nitrogens is 1. The van der Waals surface area contributed by atoms with Gasteiger partial charge in [-0.15, -0.1) is 0 Å². The summed E-state index contributed by atoms with van der Waals surface area (Å²) in [6.45, 7) is 0.116. The molecule has 0 N–H and O–H groups in total. The molecule has 1 aromatic heterocycles. The molecule has 17 heavy (non-hydrogen) atoms. The molecule has 5 nitrogen and oxygen atoms in total. The van der Waals surface area contributed by atoms with E-state index in [0.717, 1.165) is 9.83 Å². The van der Waals surface area contributed by atoms with Crippen molar-refractivity contribution in [1.29, 1.82) is 0 Å². The number of fused-ring (bicyclic) bond motifs is 1. The molecule has 0 atom stereocenters. The van der Waals surface area contributed by atoms with Gasteiger partial charge >= 0.3 is 5.76 Å². The third-order valence-corrected chi connectivity index (χ3v) is 3.91. The third-order valence-electron chi connectivity index (χ3n) is 2.32. The maximum atomic E-state index is 11.6. The fraction of sp³-hybridized carbons (Fsp3) is 0.300. The number of halogens is 1. The number of rotatable bonds is 3. The van der Waals surface area contributed by atoms with Crippen molar-refractivity contribution in [3.8, 4) is 0 Å². The molecule has 0 amide bonds. The van der Waals surface area contributed by atoms with E-state index in [1.807, 2.05) is 6.07 Å². The molecule has 1 aromatic carbocycles. The zero-order chi connectivity index (χ0) is 12.6. The Hall–Kier alpha value is -0.830. The average molecular weight is 367 g/mol. The van der Waals surface area contributed by atoms with Gasteiger partial charge in [0.25, 0.3) is 0 Å². The second-order valence-corrected chi connectivity index (χ2v) is 7.27. The summed E-state index contributed by atoms with van der Waals surface area (Å²) in [7, 11) is -3.10. The van der Waals surface area contributed by atoms with Gasteiger partial charge in [0.15, 0.2) is 5.58 Å². The van der Waals surface area contributed by atoms with Crippen LogP contribution in [0.15, 0.2) is 27.4 Å². The summed E-state index contributed by atoms with van der Waals surface area (Å²) < 4.78 is 29.5. The Bertz CT molecular complexity index is 713. The first-order valence-electron chi connectivity index (χ1n) is 4.83. The maximum absolute atomic E-state index is 11.6. The molecule has 0 aliphatic rings. The van der Waals surface area contributed by atoms with Gasteiger partial charge < -0.3 is 4.42 Å². The number of aryl methyl sites for hydroxylation is 1. The molecule has 0 unspecified atom stereocenters. The van der Waals surface area contributed by atoms with Crippen molar-refractivity contribution in [3.63, 3.8) is 0 Å². The molecule has 0 radical (unpaired) electrons. The summed E-state index contributed by atoms with van der Waals surface area (Å²) in [5.74, 6) is -0.599. The molecule has 0 fully saturated rings. The predicted octanol–water partition coefficient (Wildman–Crippen LogP) is 1.24. The van der Waals surface area contributed by atoms with Crippen LogP contribution in [0.5, 0.6) is 0 Å². The van der Waals surface area contributed by atoms with Gasteiger partial charge in [-0.05, 0) is 40.8 Å². The number of sulfone groups is 1. The number of nitrogens with zero attached hydrogens (tertiary/aromatic N) is 1. The molecular weight excluding hydrogens is 357 g/mol. The van der Waals surface area contributed by atoms with E-state index in [1.54, 1.807) is 12.1 Å². The van der Waals surface area contributed by atoms with Crippen molar-refractivity contribution in [3.05, 3.63) is 32.3 Å². The molecule has 0 aliphatic carbocycles. The van der Waals surface area contributed by atoms with E-state index < -0.39 is 15.6 Å². The van der Waals surface area contributed by atoms with Crippen LogP contribution in [-0.2, 0) is 16.4 Å². The zero-order valence-corrected chi connectivity index (χ0v) is 12.0. The summed E-state index contributed by atoms with van der Waals surface area (Å²) in [6, 6.07) is 5.32. The second kappa shape index (κ2) is 4.45. The molecule has 92 valence electrons. The van der Waals surface area contributed by atoms with Crippen molar-refractivity contribution in [2.75, 3.05) is 12.0 Å². The number of oxazole rings is 1. The smallest absolute Gasteiger partial charge is 0.408 e. The van der Waals surface area contributed by atoms with E-state index in [9.17, 15) is 13.2 Å². The Morgan fingerprint density at radius 1 is 1.41 bits per heavy atom. The van der Waals surface area contributed by atoms with E-state index in [1.165, 1.54) is 4.57 Å². The highest BCUT2D eigenvalue weighted by Crippen LogP contribution is 2.16. The number of hydrogen-bond acceptors (Lipinski definition) is 4. The minimum Gasteiger partial charge on any atom is -0.408 e. The largest absolute Gasteiger partial charge is 0.419 e. The van der Waals surface area contributed by atoms with E-state index in [-0.39, 0.29) is 12.3 Å². The van der Waals surface area contributed by atoms with E-state index in [4.69, 9.17) is 4.42 Å². The minimum atomic E-state index is -3.10. The first-order chi connectivity index (χ1) is 7.87. The molecule has 0 saturated heterocycles. The first kappa shape index (κ1) is 12.6. The van der Waals surface area contributed by atoms with Crippen LogP contribution in [0.3, 0.4) is 0 Å². The maximum Gasteiger partial charge on any atom is 0.419 e. The SMILES string of the molecule is CS(=O)(=O)CCn1c(=O)oc2ccc(I)cc21. The molecular formula is C10H10INO4S. The highest BCUT2D eigenvalue weighted by molar-refractivity contribution is 14.1. The van der Waals surface area contributed by atoms with Gasteiger partial charge in [0.05, 0.1) is 11.3 Å². The fourth-order valence-corrected chi connectivity index (χ4v) is 2.49. The minimum absolute atomic E-state index is 0.0764. The van der Waals surface area contributed by atoms with Gasteiger partial charge in [-0.3, -0.25) is 4.57 Å². The Labute approximate surface area is 111 Å². The molecule has 1 heterocycles. The van der Waals surface area contributed by atoms with Gasteiger partial charge in [0, 0.05) is 16.4 Å². The van der Waals surface area contributed by atoms with Gasteiger partial charge in [-0.1, -0.05) is 0 Å². The monoisotopic (exact) mass is 367 g/mol. The number of benzene rings is 1.